The summed E-state index contributed by atoms with van der Waals surface area (Å²) < 4.78 is 19.5. The van der Waals surface area contributed by atoms with E-state index >= 15 is 0 Å². The van der Waals surface area contributed by atoms with Crippen LogP contribution in [-0.2, 0) is 4.74 Å². The van der Waals surface area contributed by atoms with Crippen molar-refractivity contribution in [2.45, 2.75) is 43.9 Å². The van der Waals surface area contributed by atoms with E-state index in [4.69, 9.17) is 4.74 Å². The normalized spacial score (nSPS) is 37.6. The second kappa shape index (κ2) is 4.72. The average Bonchev–Trinajstić information content (AvgIpc) is 2.35. The number of aliphatic hydroxyl groups is 2. The lowest BCUT2D eigenvalue weighted by atomic mass is 9.83. The first kappa shape index (κ1) is 14.8. The molecule has 2 N–H and O–H groups in total. The van der Waals surface area contributed by atoms with E-state index in [1.807, 2.05) is 0 Å². The molecule has 2 heterocycles. The number of pyridine rings is 1. The maximum absolute atomic E-state index is 14.4. The van der Waals surface area contributed by atoms with Crippen LogP contribution in [0.1, 0.15) is 31.9 Å². The lowest BCUT2D eigenvalue weighted by Gasteiger charge is -2.46. The minimum absolute atomic E-state index is 0.114. The fraction of sp³-hybridized carbons (Fsp3) is 0.583. The number of aromatic nitrogens is 1. The van der Waals surface area contributed by atoms with E-state index in [1.165, 1.54) is 12.3 Å². The van der Waals surface area contributed by atoms with Gasteiger partial charge in [0.2, 0.25) is 5.85 Å². The number of halogens is 1. The Morgan fingerprint density at radius 3 is 2.80 bits per heavy atom. The highest BCUT2D eigenvalue weighted by Crippen LogP contribution is 2.45. The first-order chi connectivity index (χ1) is 9.17. The van der Waals surface area contributed by atoms with E-state index in [1.54, 1.807) is 0 Å². The smallest absolute Gasteiger partial charge is 0.293 e. The summed E-state index contributed by atoms with van der Waals surface area (Å²) in [5.41, 5.74) is -2.30. The molecule has 0 radical (unpaired) electrons. The highest BCUT2D eigenvalue weighted by molar-refractivity contribution is 5.39. The second-order valence-corrected chi connectivity index (χ2v) is 5.11. The number of hydrogen-bond acceptors (Lipinski definition) is 6. The standard InChI is InChI=1S/C12H15FN2O5/c1-11(17)10(16)5-9(20-12(11,2)13)7-3-4-14-6-8(7)15(18)19/h3-4,6,9-10,16-17H,5H2,1-2H3. The first-order valence-electron chi connectivity index (χ1n) is 6.02. The molecule has 4 atom stereocenters. The molecule has 1 aromatic rings. The van der Waals surface area contributed by atoms with Crippen LogP contribution in [0.2, 0.25) is 0 Å². The molecular formula is C12H15FN2O5. The number of nitro groups is 1. The molecular weight excluding hydrogens is 271 g/mol. The molecule has 1 saturated heterocycles. The highest BCUT2D eigenvalue weighted by Gasteiger charge is 2.56. The van der Waals surface area contributed by atoms with Gasteiger partial charge in [0.05, 0.1) is 22.7 Å². The largest absolute Gasteiger partial charge is 0.390 e. The number of ether oxygens (including phenoxy) is 1. The van der Waals surface area contributed by atoms with E-state index < -0.39 is 28.6 Å². The summed E-state index contributed by atoms with van der Waals surface area (Å²) in [5, 5.41) is 30.7. The van der Waals surface area contributed by atoms with E-state index in [0.29, 0.717) is 0 Å². The average molecular weight is 286 g/mol. The molecule has 0 amide bonds. The summed E-state index contributed by atoms with van der Waals surface area (Å²) in [6.07, 6.45) is -0.252. The van der Waals surface area contributed by atoms with Gasteiger partial charge < -0.3 is 14.9 Å². The zero-order valence-electron chi connectivity index (χ0n) is 11.0. The fourth-order valence-corrected chi connectivity index (χ4v) is 2.18. The van der Waals surface area contributed by atoms with E-state index in [2.05, 4.69) is 4.98 Å². The molecule has 0 aliphatic carbocycles. The van der Waals surface area contributed by atoms with Crippen molar-refractivity contribution in [1.29, 1.82) is 0 Å². The maximum Gasteiger partial charge on any atom is 0.293 e. The van der Waals surface area contributed by atoms with Crippen molar-refractivity contribution in [3.8, 4) is 0 Å². The number of nitrogens with zero attached hydrogens (tertiary/aromatic N) is 2. The monoisotopic (exact) mass is 286 g/mol. The topological polar surface area (TPSA) is 106 Å². The van der Waals surface area contributed by atoms with Crippen molar-refractivity contribution < 1.29 is 24.3 Å². The van der Waals surface area contributed by atoms with Crippen LogP contribution in [0.5, 0.6) is 0 Å². The van der Waals surface area contributed by atoms with Crippen molar-refractivity contribution in [2.75, 3.05) is 0 Å². The quantitative estimate of drug-likeness (QED) is 0.626. The molecule has 1 aromatic heterocycles. The number of alkyl halides is 1. The molecule has 8 heteroatoms. The zero-order valence-corrected chi connectivity index (χ0v) is 11.0. The second-order valence-electron chi connectivity index (χ2n) is 5.11. The van der Waals surface area contributed by atoms with Gasteiger partial charge in [-0.15, -0.1) is 0 Å². The van der Waals surface area contributed by atoms with Crippen molar-refractivity contribution in [3.05, 3.63) is 34.1 Å². The lowest BCUT2D eigenvalue weighted by Crippen LogP contribution is -2.60. The van der Waals surface area contributed by atoms with Gasteiger partial charge in [-0.1, -0.05) is 0 Å². The van der Waals surface area contributed by atoms with Gasteiger partial charge in [0, 0.05) is 12.6 Å². The SMILES string of the molecule is CC1(F)OC(c2ccncc2[N+](=O)[O-])CC(O)C1(C)O. The van der Waals surface area contributed by atoms with Crippen molar-refractivity contribution in [2.24, 2.45) is 0 Å². The molecule has 110 valence electrons. The molecule has 7 nitrogen and oxygen atoms in total. The maximum atomic E-state index is 14.4. The van der Waals surface area contributed by atoms with Gasteiger partial charge in [-0.3, -0.25) is 15.1 Å². The first-order valence-corrected chi connectivity index (χ1v) is 6.02. The van der Waals surface area contributed by atoms with Crippen LogP contribution in [0.3, 0.4) is 0 Å². The third-order valence-electron chi connectivity index (χ3n) is 3.73. The van der Waals surface area contributed by atoms with Gasteiger partial charge in [0.15, 0.2) is 0 Å². The Labute approximate surface area is 114 Å². The predicted molar refractivity (Wildman–Crippen MR) is 65.5 cm³/mol. The van der Waals surface area contributed by atoms with Crippen molar-refractivity contribution in [1.82, 2.24) is 4.98 Å². The molecule has 4 unspecified atom stereocenters. The molecule has 1 aliphatic rings. The molecule has 0 saturated carbocycles. The summed E-state index contributed by atoms with van der Waals surface area (Å²) >= 11 is 0. The summed E-state index contributed by atoms with van der Waals surface area (Å²) in [5.74, 6) is -2.54. The van der Waals surface area contributed by atoms with Crippen LogP contribution in [0, 0.1) is 10.1 Å². The molecule has 1 fully saturated rings. The van der Waals surface area contributed by atoms with Gasteiger partial charge in [-0.05, 0) is 19.9 Å². The number of aliphatic hydroxyl groups excluding tert-OH is 1. The Bertz CT molecular complexity index is 534. The molecule has 1 aliphatic heterocycles. The van der Waals surface area contributed by atoms with Gasteiger partial charge in [0.25, 0.3) is 5.69 Å². The van der Waals surface area contributed by atoms with Crippen LogP contribution in [-0.4, -0.2) is 37.7 Å². The highest BCUT2D eigenvalue weighted by atomic mass is 19.2. The lowest BCUT2D eigenvalue weighted by molar-refractivity contribution is -0.388. The third-order valence-corrected chi connectivity index (χ3v) is 3.73. The van der Waals surface area contributed by atoms with Crippen LogP contribution >= 0.6 is 0 Å². The zero-order chi connectivity index (χ0) is 15.1. The van der Waals surface area contributed by atoms with Crippen LogP contribution in [0.15, 0.2) is 18.5 Å². The summed E-state index contributed by atoms with van der Waals surface area (Å²) in [6.45, 7) is 2.10. The van der Waals surface area contributed by atoms with Crippen molar-refractivity contribution in [3.63, 3.8) is 0 Å². The van der Waals surface area contributed by atoms with E-state index in [0.717, 1.165) is 20.0 Å². The summed E-state index contributed by atoms with van der Waals surface area (Å²) in [6, 6.07) is 1.34. The summed E-state index contributed by atoms with van der Waals surface area (Å²) in [7, 11) is 0. The van der Waals surface area contributed by atoms with Gasteiger partial charge in [-0.25, -0.2) is 4.39 Å². The van der Waals surface area contributed by atoms with E-state index in [9.17, 15) is 24.7 Å². The Morgan fingerprint density at radius 1 is 1.60 bits per heavy atom. The molecule has 20 heavy (non-hydrogen) atoms. The van der Waals surface area contributed by atoms with Crippen LogP contribution in [0.25, 0.3) is 0 Å². The third kappa shape index (κ3) is 2.26. The van der Waals surface area contributed by atoms with Gasteiger partial charge in [0.1, 0.15) is 11.8 Å². The van der Waals surface area contributed by atoms with Gasteiger partial charge >= 0.3 is 0 Å². The van der Waals surface area contributed by atoms with Crippen LogP contribution < -0.4 is 0 Å². The Hall–Kier alpha value is -1.64. The molecule has 0 spiro atoms. The van der Waals surface area contributed by atoms with E-state index in [-0.39, 0.29) is 17.7 Å². The number of hydrogen-bond donors (Lipinski definition) is 2. The predicted octanol–water partition coefficient (Wildman–Crippen LogP) is 1.25. The minimum Gasteiger partial charge on any atom is -0.390 e. The Balaban J connectivity index is 2.39. The Kier molecular flexibility index (Phi) is 3.49. The molecule has 0 aromatic carbocycles. The fourth-order valence-electron chi connectivity index (χ4n) is 2.18. The minimum atomic E-state index is -2.54. The molecule has 0 bridgehead atoms. The molecule has 2 rings (SSSR count). The number of rotatable bonds is 2. The van der Waals surface area contributed by atoms with Gasteiger partial charge in [-0.2, -0.15) is 0 Å². The summed E-state index contributed by atoms with van der Waals surface area (Å²) in [4.78, 5) is 13.9. The Morgan fingerprint density at radius 2 is 2.25 bits per heavy atom. The van der Waals surface area contributed by atoms with Crippen LogP contribution in [0.4, 0.5) is 10.1 Å². The van der Waals surface area contributed by atoms with Crippen molar-refractivity contribution >= 4 is 5.69 Å².